The summed E-state index contributed by atoms with van der Waals surface area (Å²) in [7, 11) is 0. The molecule has 1 aliphatic rings. The molecule has 1 unspecified atom stereocenters. The summed E-state index contributed by atoms with van der Waals surface area (Å²) >= 11 is 0. The van der Waals surface area contributed by atoms with Gasteiger partial charge in [-0.1, -0.05) is 54.6 Å². The van der Waals surface area contributed by atoms with E-state index in [-0.39, 0.29) is 30.9 Å². The molecule has 0 aliphatic carbocycles. The van der Waals surface area contributed by atoms with Gasteiger partial charge in [-0.25, -0.2) is 0 Å². The van der Waals surface area contributed by atoms with Crippen molar-refractivity contribution < 1.29 is 5.11 Å². The lowest BCUT2D eigenvalue weighted by atomic mass is 9.88. The molecule has 1 heterocycles. The van der Waals surface area contributed by atoms with Crippen molar-refractivity contribution in [2.75, 3.05) is 19.6 Å². The third-order valence-corrected chi connectivity index (χ3v) is 5.33. The van der Waals surface area contributed by atoms with Crippen molar-refractivity contribution in [3.63, 3.8) is 0 Å². The fourth-order valence-electron chi connectivity index (χ4n) is 3.75. The molecule has 0 bridgehead atoms. The van der Waals surface area contributed by atoms with E-state index in [4.69, 9.17) is 5.73 Å². The summed E-state index contributed by atoms with van der Waals surface area (Å²) in [6, 6.07) is 19.2. The molecule has 3 nitrogen and oxygen atoms in total. The largest absolute Gasteiger partial charge is 0.392 e. The number of aliphatic hydroxyl groups is 1. The fourth-order valence-corrected chi connectivity index (χ4v) is 3.75. The molecule has 0 aromatic heterocycles. The van der Waals surface area contributed by atoms with Crippen molar-refractivity contribution in [3.05, 3.63) is 71.3 Å². The summed E-state index contributed by atoms with van der Waals surface area (Å²) in [5, 5.41) is 10.6. The molecule has 1 fully saturated rings. The zero-order valence-electron chi connectivity index (χ0n) is 15.8. The zero-order valence-corrected chi connectivity index (χ0v) is 17.4. The van der Waals surface area contributed by atoms with Gasteiger partial charge in [0.1, 0.15) is 0 Å². The van der Waals surface area contributed by atoms with Crippen LogP contribution in [0.2, 0.25) is 0 Å². The van der Waals surface area contributed by atoms with Crippen LogP contribution in [0.25, 0.3) is 0 Å². The highest BCUT2D eigenvalue weighted by Gasteiger charge is 2.25. The molecule has 0 saturated carbocycles. The van der Waals surface area contributed by atoms with Crippen molar-refractivity contribution >= 4 is 24.8 Å². The second-order valence-electron chi connectivity index (χ2n) is 7.23. The van der Waals surface area contributed by atoms with E-state index in [0.717, 1.165) is 45.3 Å². The Morgan fingerprint density at radius 3 is 2.07 bits per heavy atom. The quantitative estimate of drug-likeness (QED) is 0.728. The van der Waals surface area contributed by atoms with E-state index in [1.54, 1.807) is 0 Å². The topological polar surface area (TPSA) is 49.5 Å². The van der Waals surface area contributed by atoms with Gasteiger partial charge < -0.3 is 10.8 Å². The van der Waals surface area contributed by atoms with Crippen LogP contribution in [0.5, 0.6) is 0 Å². The Hall–Kier alpha value is -1.10. The Morgan fingerprint density at radius 1 is 0.889 bits per heavy atom. The first-order chi connectivity index (χ1) is 12.2. The van der Waals surface area contributed by atoms with E-state index in [2.05, 4.69) is 41.3 Å². The molecule has 150 valence electrons. The lowest BCUT2D eigenvalue weighted by Gasteiger charge is -2.34. The number of aliphatic hydroxyl groups excluding tert-OH is 1. The Bertz CT molecular complexity index is 629. The highest BCUT2D eigenvalue weighted by molar-refractivity contribution is 5.85. The number of hydrogen-bond acceptors (Lipinski definition) is 3. The summed E-state index contributed by atoms with van der Waals surface area (Å²) in [5.41, 5.74) is 9.52. The smallest absolute Gasteiger partial charge is 0.0609 e. The molecule has 1 aliphatic heterocycles. The van der Waals surface area contributed by atoms with Gasteiger partial charge >= 0.3 is 0 Å². The second-order valence-corrected chi connectivity index (χ2v) is 7.23. The first kappa shape index (κ1) is 23.9. The minimum absolute atomic E-state index is 0. The van der Waals surface area contributed by atoms with Gasteiger partial charge in [-0.3, -0.25) is 4.90 Å². The van der Waals surface area contributed by atoms with E-state index in [1.807, 2.05) is 18.2 Å². The Labute approximate surface area is 175 Å². The summed E-state index contributed by atoms with van der Waals surface area (Å²) in [6.07, 6.45) is 3.66. The maximum atomic E-state index is 10.6. The Morgan fingerprint density at radius 2 is 1.48 bits per heavy atom. The lowest BCUT2D eigenvalue weighted by molar-refractivity contribution is 0.0576. The first-order valence-corrected chi connectivity index (χ1v) is 9.47. The second kappa shape index (κ2) is 12.4. The first-order valence-electron chi connectivity index (χ1n) is 9.47. The molecule has 2 aromatic carbocycles. The van der Waals surface area contributed by atoms with Crippen LogP contribution in [0.4, 0.5) is 0 Å². The Kier molecular flexibility index (Phi) is 11.0. The highest BCUT2D eigenvalue weighted by atomic mass is 35.5. The number of nitrogens with two attached hydrogens (primary N) is 1. The molecule has 5 heteroatoms. The maximum absolute atomic E-state index is 10.6. The molecule has 0 spiro atoms. The predicted octanol–water partition coefficient (Wildman–Crippen LogP) is 3.85. The van der Waals surface area contributed by atoms with Gasteiger partial charge in [-0.15, -0.1) is 24.8 Å². The van der Waals surface area contributed by atoms with Crippen LogP contribution >= 0.6 is 24.8 Å². The van der Waals surface area contributed by atoms with Crippen molar-refractivity contribution in [1.29, 1.82) is 0 Å². The van der Waals surface area contributed by atoms with Crippen molar-refractivity contribution in [3.8, 4) is 0 Å². The maximum Gasteiger partial charge on any atom is 0.0609 e. The van der Waals surface area contributed by atoms with E-state index in [0.29, 0.717) is 12.5 Å². The third-order valence-electron chi connectivity index (χ3n) is 5.33. The summed E-state index contributed by atoms with van der Waals surface area (Å²) < 4.78 is 0. The van der Waals surface area contributed by atoms with Gasteiger partial charge in [0, 0.05) is 6.54 Å². The molecule has 3 N–H and O–H groups in total. The molecule has 2 aromatic rings. The van der Waals surface area contributed by atoms with Gasteiger partial charge in [0.05, 0.1) is 6.10 Å². The van der Waals surface area contributed by atoms with Crippen LogP contribution in [0, 0.1) is 5.92 Å². The predicted molar refractivity (Wildman–Crippen MR) is 118 cm³/mol. The van der Waals surface area contributed by atoms with Gasteiger partial charge in [0.15, 0.2) is 0 Å². The summed E-state index contributed by atoms with van der Waals surface area (Å²) in [6.45, 7) is 3.85. The van der Waals surface area contributed by atoms with Gasteiger partial charge in [-0.05, 0) is 67.9 Å². The number of likely N-dealkylation sites (tertiary alicyclic amines) is 1. The molecule has 27 heavy (non-hydrogen) atoms. The normalized spacial score (nSPS) is 16.2. The van der Waals surface area contributed by atoms with Crippen LogP contribution < -0.4 is 5.73 Å². The molecule has 0 amide bonds. The highest BCUT2D eigenvalue weighted by Crippen LogP contribution is 2.24. The standard InChI is InChI=1S/C22H30N2O.2ClH/c23-13-10-18-6-8-20(9-7-18)17-24-14-11-21(12-15-24)22(25)16-19-4-2-1-3-5-19;;/h1-9,21-22,25H,10-17,23H2;2*1H. The van der Waals surface area contributed by atoms with Crippen molar-refractivity contribution in [1.82, 2.24) is 4.90 Å². The van der Waals surface area contributed by atoms with Crippen LogP contribution in [-0.2, 0) is 19.4 Å². The molecule has 1 saturated heterocycles. The van der Waals surface area contributed by atoms with E-state index >= 15 is 0 Å². The Balaban J connectivity index is 0.00000182. The number of benzene rings is 2. The minimum atomic E-state index is -0.222. The van der Waals surface area contributed by atoms with Crippen LogP contribution in [0.3, 0.4) is 0 Å². The number of nitrogens with zero attached hydrogens (tertiary/aromatic N) is 1. The van der Waals surface area contributed by atoms with Crippen molar-refractivity contribution in [2.45, 2.75) is 38.3 Å². The molecule has 0 radical (unpaired) electrons. The third kappa shape index (κ3) is 7.44. The van der Waals surface area contributed by atoms with Crippen LogP contribution in [-0.4, -0.2) is 35.7 Å². The van der Waals surface area contributed by atoms with E-state index < -0.39 is 0 Å². The fraction of sp³-hybridized carbons (Fsp3) is 0.455. The number of rotatable bonds is 7. The summed E-state index contributed by atoms with van der Waals surface area (Å²) in [4.78, 5) is 2.50. The number of piperidine rings is 1. The van der Waals surface area contributed by atoms with Crippen LogP contribution in [0.15, 0.2) is 54.6 Å². The molecular formula is C22H32Cl2N2O. The zero-order chi connectivity index (χ0) is 17.5. The number of halogens is 2. The number of hydrogen-bond donors (Lipinski definition) is 2. The monoisotopic (exact) mass is 410 g/mol. The molecular weight excluding hydrogens is 379 g/mol. The van der Waals surface area contributed by atoms with Crippen molar-refractivity contribution in [2.24, 2.45) is 11.7 Å². The summed E-state index contributed by atoms with van der Waals surface area (Å²) in [5.74, 6) is 0.420. The van der Waals surface area contributed by atoms with Crippen LogP contribution in [0.1, 0.15) is 29.5 Å². The minimum Gasteiger partial charge on any atom is -0.392 e. The van der Waals surface area contributed by atoms with E-state index in [1.165, 1.54) is 16.7 Å². The average Bonchev–Trinajstić information content (AvgIpc) is 2.65. The molecule has 3 rings (SSSR count). The van der Waals surface area contributed by atoms with Gasteiger partial charge in [0.2, 0.25) is 0 Å². The van der Waals surface area contributed by atoms with Gasteiger partial charge in [0.25, 0.3) is 0 Å². The van der Waals surface area contributed by atoms with E-state index in [9.17, 15) is 5.11 Å². The van der Waals surface area contributed by atoms with Gasteiger partial charge in [-0.2, -0.15) is 0 Å². The lowest BCUT2D eigenvalue weighted by Crippen LogP contribution is -2.38. The average molecular weight is 411 g/mol. The SMILES string of the molecule is Cl.Cl.NCCc1ccc(CN2CCC(C(O)Cc3ccccc3)CC2)cc1. The molecule has 1 atom stereocenters.